The lowest BCUT2D eigenvalue weighted by Crippen LogP contribution is -2.35. The number of para-hydroxylation sites is 1. The fourth-order valence-electron chi connectivity index (χ4n) is 3.80. The molecular weight excluding hydrogens is 336 g/mol. The maximum atomic E-state index is 5.41. The number of hydrogen-bond donors (Lipinski definition) is 1. The summed E-state index contributed by atoms with van der Waals surface area (Å²) in [4.78, 5) is 2.60. The third kappa shape index (κ3) is 5.90. The van der Waals surface area contributed by atoms with Gasteiger partial charge >= 0.3 is 0 Å². The number of piperidine rings is 1. The van der Waals surface area contributed by atoms with E-state index in [9.17, 15) is 0 Å². The first-order chi connectivity index (χ1) is 13.3. The molecule has 1 fully saturated rings. The minimum atomic E-state index is 0.797. The SMILES string of the molecule is COc1ccc(CCN2CCC(CCNc3ccccc3)CC2)cc1OC. The molecule has 2 aromatic carbocycles. The average molecular weight is 369 g/mol. The molecule has 4 heteroatoms. The Hall–Kier alpha value is -2.20. The molecule has 1 N–H and O–H groups in total. The van der Waals surface area contributed by atoms with Crippen molar-refractivity contribution in [2.45, 2.75) is 25.7 Å². The Balaban J connectivity index is 1.36. The third-order valence-corrected chi connectivity index (χ3v) is 5.53. The Bertz CT molecular complexity index is 682. The first kappa shape index (κ1) is 19.6. The molecule has 0 unspecified atom stereocenters. The maximum Gasteiger partial charge on any atom is 0.160 e. The van der Waals surface area contributed by atoms with Crippen molar-refractivity contribution in [1.82, 2.24) is 4.90 Å². The molecule has 27 heavy (non-hydrogen) atoms. The molecule has 1 saturated heterocycles. The molecule has 0 amide bonds. The zero-order valence-electron chi connectivity index (χ0n) is 16.6. The second kappa shape index (κ2) is 10.2. The minimum Gasteiger partial charge on any atom is -0.493 e. The van der Waals surface area contributed by atoms with Crippen molar-refractivity contribution >= 4 is 5.69 Å². The normalized spacial score (nSPS) is 15.5. The molecule has 0 atom stereocenters. The number of ether oxygens (including phenoxy) is 2. The van der Waals surface area contributed by atoms with Crippen molar-refractivity contribution in [2.75, 3.05) is 45.7 Å². The number of anilines is 1. The monoisotopic (exact) mass is 368 g/mol. The van der Waals surface area contributed by atoms with Crippen LogP contribution in [0.15, 0.2) is 48.5 Å². The van der Waals surface area contributed by atoms with Crippen LogP contribution in [-0.4, -0.2) is 45.3 Å². The van der Waals surface area contributed by atoms with Crippen LogP contribution in [0.25, 0.3) is 0 Å². The predicted octanol–water partition coefficient (Wildman–Crippen LogP) is 4.46. The predicted molar refractivity (Wildman–Crippen MR) is 112 cm³/mol. The maximum absolute atomic E-state index is 5.41. The topological polar surface area (TPSA) is 33.7 Å². The molecule has 0 radical (unpaired) electrons. The number of benzene rings is 2. The van der Waals surface area contributed by atoms with E-state index in [-0.39, 0.29) is 0 Å². The van der Waals surface area contributed by atoms with Crippen LogP contribution in [0.3, 0.4) is 0 Å². The molecule has 0 bridgehead atoms. The van der Waals surface area contributed by atoms with E-state index >= 15 is 0 Å². The summed E-state index contributed by atoms with van der Waals surface area (Å²) in [6.45, 7) is 4.61. The third-order valence-electron chi connectivity index (χ3n) is 5.53. The minimum absolute atomic E-state index is 0.797. The van der Waals surface area contributed by atoms with E-state index in [1.54, 1.807) is 14.2 Å². The van der Waals surface area contributed by atoms with Crippen LogP contribution in [0, 0.1) is 5.92 Å². The zero-order chi connectivity index (χ0) is 18.9. The van der Waals surface area contributed by atoms with Crippen LogP contribution in [0.1, 0.15) is 24.8 Å². The van der Waals surface area contributed by atoms with E-state index in [1.807, 2.05) is 6.07 Å². The molecule has 1 heterocycles. The van der Waals surface area contributed by atoms with Gasteiger partial charge in [0.25, 0.3) is 0 Å². The van der Waals surface area contributed by atoms with Gasteiger partial charge in [-0.25, -0.2) is 0 Å². The van der Waals surface area contributed by atoms with Gasteiger partial charge in [-0.05, 0) is 74.5 Å². The van der Waals surface area contributed by atoms with Gasteiger partial charge in [-0.2, -0.15) is 0 Å². The molecule has 0 aromatic heterocycles. The number of nitrogens with zero attached hydrogens (tertiary/aromatic N) is 1. The molecule has 0 spiro atoms. The first-order valence-electron chi connectivity index (χ1n) is 10.0. The van der Waals surface area contributed by atoms with Crippen molar-refractivity contribution in [3.8, 4) is 11.5 Å². The molecule has 146 valence electrons. The van der Waals surface area contributed by atoms with Crippen molar-refractivity contribution in [1.29, 1.82) is 0 Å². The summed E-state index contributed by atoms with van der Waals surface area (Å²) in [5.41, 5.74) is 2.53. The van der Waals surface area contributed by atoms with Crippen LogP contribution in [0.5, 0.6) is 11.5 Å². The van der Waals surface area contributed by atoms with Crippen LogP contribution in [0.4, 0.5) is 5.69 Å². The number of nitrogens with one attached hydrogen (secondary N) is 1. The highest BCUT2D eigenvalue weighted by molar-refractivity contribution is 5.43. The zero-order valence-corrected chi connectivity index (χ0v) is 16.6. The first-order valence-corrected chi connectivity index (χ1v) is 10.0. The molecule has 1 aliphatic rings. The Morgan fingerprint density at radius 2 is 1.70 bits per heavy atom. The summed E-state index contributed by atoms with van der Waals surface area (Å²) in [5.74, 6) is 2.46. The van der Waals surface area contributed by atoms with E-state index in [4.69, 9.17) is 9.47 Å². The van der Waals surface area contributed by atoms with Gasteiger partial charge in [0.15, 0.2) is 11.5 Å². The van der Waals surface area contributed by atoms with Crippen molar-refractivity contribution in [3.63, 3.8) is 0 Å². The van der Waals surface area contributed by atoms with Crippen molar-refractivity contribution in [3.05, 3.63) is 54.1 Å². The molecule has 1 aliphatic heterocycles. The molecule has 0 aliphatic carbocycles. The van der Waals surface area contributed by atoms with E-state index in [1.165, 1.54) is 43.6 Å². The van der Waals surface area contributed by atoms with Crippen molar-refractivity contribution in [2.24, 2.45) is 5.92 Å². The van der Waals surface area contributed by atoms with Crippen LogP contribution in [-0.2, 0) is 6.42 Å². The molecule has 2 aromatic rings. The Morgan fingerprint density at radius 1 is 0.963 bits per heavy atom. The van der Waals surface area contributed by atoms with Gasteiger partial charge in [0, 0.05) is 18.8 Å². The summed E-state index contributed by atoms with van der Waals surface area (Å²) in [5, 5.41) is 3.53. The smallest absolute Gasteiger partial charge is 0.160 e. The van der Waals surface area contributed by atoms with Crippen molar-refractivity contribution < 1.29 is 9.47 Å². The molecule has 3 rings (SSSR count). The Morgan fingerprint density at radius 3 is 2.41 bits per heavy atom. The number of hydrogen-bond acceptors (Lipinski definition) is 4. The molecule has 4 nitrogen and oxygen atoms in total. The van der Waals surface area contributed by atoms with E-state index in [2.05, 4.69) is 52.7 Å². The Kier molecular flexibility index (Phi) is 7.40. The quantitative estimate of drug-likeness (QED) is 0.708. The van der Waals surface area contributed by atoms with E-state index in [0.717, 1.165) is 36.9 Å². The van der Waals surface area contributed by atoms with Crippen LogP contribution in [0.2, 0.25) is 0 Å². The second-order valence-electron chi connectivity index (χ2n) is 7.31. The lowest BCUT2D eigenvalue weighted by atomic mass is 9.93. The van der Waals surface area contributed by atoms with Gasteiger partial charge in [-0.3, -0.25) is 0 Å². The number of methoxy groups -OCH3 is 2. The standard InChI is InChI=1S/C23H32N2O2/c1-26-22-9-8-20(18-23(22)27-2)13-17-25-15-11-19(12-16-25)10-14-24-21-6-4-3-5-7-21/h3-9,18-19,24H,10-17H2,1-2H3. The lowest BCUT2D eigenvalue weighted by molar-refractivity contribution is 0.183. The highest BCUT2D eigenvalue weighted by atomic mass is 16.5. The van der Waals surface area contributed by atoms with Gasteiger partial charge in [0.2, 0.25) is 0 Å². The highest BCUT2D eigenvalue weighted by Gasteiger charge is 2.18. The van der Waals surface area contributed by atoms with E-state index < -0.39 is 0 Å². The second-order valence-corrected chi connectivity index (χ2v) is 7.31. The fraction of sp³-hybridized carbons (Fsp3) is 0.478. The summed E-state index contributed by atoms with van der Waals surface area (Å²) < 4.78 is 10.7. The van der Waals surface area contributed by atoms with Gasteiger partial charge in [0.1, 0.15) is 0 Å². The Labute approximate surface area is 163 Å². The fourth-order valence-corrected chi connectivity index (χ4v) is 3.80. The lowest BCUT2D eigenvalue weighted by Gasteiger charge is -2.32. The largest absolute Gasteiger partial charge is 0.493 e. The van der Waals surface area contributed by atoms with Gasteiger partial charge in [-0.1, -0.05) is 24.3 Å². The van der Waals surface area contributed by atoms with E-state index in [0.29, 0.717) is 0 Å². The van der Waals surface area contributed by atoms with Crippen LogP contribution >= 0.6 is 0 Å². The summed E-state index contributed by atoms with van der Waals surface area (Å²) in [6.07, 6.45) is 4.93. The van der Waals surface area contributed by atoms with Gasteiger partial charge in [-0.15, -0.1) is 0 Å². The number of likely N-dealkylation sites (tertiary alicyclic amines) is 1. The summed E-state index contributed by atoms with van der Waals surface area (Å²) in [6, 6.07) is 16.7. The average Bonchev–Trinajstić information content (AvgIpc) is 2.73. The summed E-state index contributed by atoms with van der Waals surface area (Å²) in [7, 11) is 3.37. The number of rotatable bonds is 9. The summed E-state index contributed by atoms with van der Waals surface area (Å²) >= 11 is 0. The molecular formula is C23H32N2O2. The highest BCUT2D eigenvalue weighted by Crippen LogP contribution is 2.28. The van der Waals surface area contributed by atoms with Crippen LogP contribution < -0.4 is 14.8 Å². The van der Waals surface area contributed by atoms with Gasteiger partial charge in [0.05, 0.1) is 14.2 Å². The van der Waals surface area contributed by atoms with Gasteiger partial charge < -0.3 is 19.7 Å². The molecule has 0 saturated carbocycles.